The van der Waals surface area contributed by atoms with Gasteiger partial charge in [-0.1, -0.05) is 0 Å². The Balaban J connectivity index is 1.81. The molecule has 3 rings (SSSR count). The normalized spacial score (nSPS) is 23.0. The number of likely N-dealkylation sites (tertiary alicyclic amines) is 2. The molecule has 0 radical (unpaired) electrons. The van der Waals surface area contributed by atoms with Crippen molar-refractivity contribution < 1.29 is 23.9 Å². The molecule has 0 saturated carbocycles. The molecule has 2 aliphatic rings. The minimum atomic E-state index is -0.830. The van der Waals surface area contributed by atoms with E-state index in [-0.39, 0.29) is 36.6 Å². The number of hydrogen-bond donors (Lipinski definition) is 2. The minimum Gasteiger partial charge on any atom is -0.467 e. The lowest BCUT2D eigenvalue weighted by Gasteiger charge is -2.30. The summed E-state index contributed by atoms with van der Waals surface area (Å²) in [6, 6.07) is -2.34. The van der Waals surface area contributed by atoms with E-state index < -0.39 is 30.0 Å². The fourth-order valence-electron chi connectivity index (χ4n) is 4.05. The highest BCUT2D eigenvalue weighted by Crippen LogP contribution is 2.26. The SMILES string of the molecule is COC(=O)C1CCCN1C(=O)C1CC(NC(=O)NC(C)C)CN1C(=O)c1cnccn1. The molecule has 11 nitrogen and oxygen atoms in total. The van der Waals surface area contributed by atoms with Crippen molar-refractivity contribution in [3.8, 4) is 0 Å². The van der Waals surface area contributed by atoms with E-state index in [0.717, 1.165) is 0 Å². The lowest BCUT2D eigenvalue weighted by atomic mass is 10.1. The van der Waals surface area contributed by atoms with E-state index in [9.17, 15) is 19.2 Å². The Kier molecular flexibility index (Phi) is 7.03. The van der Waals surface area contributed by atoms with Crippen molar-refractivity contribution in [3.05, 3.63) is 24.3 Å². The first-order valence-electron chi connectivity index (χ1n) is 10.3. The average Bonchev–Trinajstić information content (AvgIpc) is 3.39. The van der Waals surface area contributed by atoms with E-state index in [1.807, 2.05) is 13.8 Å². The van der Waals surface area contributed by atoms with Crippen molar-refractivity contribution in [1.82, 2.24) is 30.4 Å². The van der Waals surface area contributed by atoms with E-state index >= 15 is 0 Å². The summed E-state index contributed by atoms with van der Waals surface area (Å²) in [5, 5.41) is 5.57. The van der Waals surface area contributed by atoms with Crippen molar-refractivity contribution in [2.45, 2.75) is 57.3 Å². The maximum atomic E-state index is 13.4. The third-order valence-corrected chi connectivity index (χ3v) is 5.39. The van der Waals surface area contributed by atoms with Crippen LogP contribution in [-0.2, 0) is 14.3 Å². The second-order valence-electron chi connectivity index (χ2n) is 7.98. The van der Waals surface area contributed by atoms with E-state index in [2.05, 4.69) is 20.6 Å². The number of ether oxygens (including phenoxy) is 1. The number of nitrogens with zero attached hydrogens (tertiary/aromatic N) is 4. The zero-order valence-corrected chi connectivity index (χ0v) is 17.9. The molecule has 1 aromatic heterocycles. The number of nitrogens with one attached hydrogen (secondary N) is 2. The lowest BCUT2D eigenvalue weighted by Crippen LogP contribution is -2.51. The molecule has 0 aromatic carbocycles. The van der Waals surface area contributed by atoms with Crippen LogP contribution in [0.4, 0.5) is 4.79 Å². The summed E-state index contributed by atoms with van der Waals surface area (Å²) < 4.78 is 4.83. The van der Waals surface area contributed by atoms with Crippen LogP contribution in [0.3, 0.4) is 0 Å². The van der Waals surface area contributed by atoms with E-state index in [1.165, 1.54) is 35.5 Å². The molecule has 2 aliphatic heterocycles. The van der Waals surface area contributed by atoms with Gasteiger partial charge in [0.25, 0.3) is 5.91 Å². The summed E-state index contributed by atoms with van der Waals surface area (Å²) in [7, 11) is 1.29. The number of urea groups is 1. The highest BCUT2D eigenvalue weighted by molar-refractivity contribution is 5.97. The predicted octanol–water partition coefficient (Wildman–Crippen LogP) is -0.0687. The second-order valence-corrected chi connectivity index (χ2v) is 7.98. The van der Waals surface area contributed by atoms with Crippen LogP contribution in [0.1, 0.15) is 43.6 Å². The summed E-state index contributed by atoms with van der Waals surface area (Å²) in [4.78, 5) is 61.6. The molecule has 168 valence electrons. The summed E-state index contributed by atoms with van der Waals surface area (Å²) in [6.45, 7) is 4.23. The number of carbonyl (C=O) groups is 4. The first kappa shape index (κ1) is 22.4. The molecule has 31 heavy (non-hydrogen) atoms. The van der Waals surface area contributed by atoms with Gasteiger partial charge in [0, 0.05) is 31.5 Å². The standard InChI is InChI=1S/C20H28N6O5/c1-12(2)23-20(30)24-13-9-16(18(28)25-8-4-5-15(25)19(29)31-3)26(11-13)17(27)14-10-21-6-7-22-14/h6-7,10,12-13,15-16H,4-5,8-9,11H2,1-3H3,(H2,23,24,30). The zero-order chi connectivity index (χ0) is 22.5. The summed E-state index contributed by atoms with van der Waals surface area (Å²) >= 11 is 0. The molecule has 0 spiro atoms. The maximum Gasteiger partial charge on any atom is 0.328 e. The number of amides is 4. The third kappa shape index (κ3) is 5.09. The van der Waals surface area contributed by atoms with Gasteiger partial charge in [-0.05, 0) is 33.1 Å². The number of rotatable bonds is 5. The molecule has 1 aromatic rings. The number of methoxy groups -OCH3 is 1. The highest BCUT2D eigenvalue weighted by Gasteiger charge is 2.46. The fraction of sp³-hybridized carbons (Fsp3) is 0.600. The monoisotopic (exact) mass is 432 g/mol. The molecule has 0 aliphatic carbocycles. The number of carbonyl (C=O) groups excluding carboxylic acids is 4. The molecular weight excluding hydrogens is 404 g/mol. The first-order valence-corrected chi connectivity index (χ1v) is 10.3. The molecule has 2 fully saturated rings. The van der Waals surface area contributed by atoms with Gasteiger partial charge in [-0.25, -0.2) is 14.6 Å². The lowest BCUT2D eigenvalue weighted by molar-refractivity contribution is -0.152. The predicted molar refractivity (Wildman–Crippen MR) is 109 cm³/mol. The Morgan fingerprint density at radius 3 is 2.58 bits per heavy atom. The number of hydrogen-bond acceptors (Lipinski definition) is 7. The average molecular weight is 432 g/mol. The molecule has 3 heterocycles. The smallest absolute Gasteiger partial charge is 0.328 e. The van der Waals surface area contributed by atoms with E-state index in [1.54, 1.807) is 0 Å². The highest BCUT2D eigenvalue weighted by atomic mass is 16.5. The molecule has 11 heteroatoms. The molecule has 2 saturated heterocycles. The fourth-order valence-corrected chi connectivity index (χ4v) is 4.05. The van der Waals surface area contributed by atoms with Gasteiger partial charge < -0.3 is 25.2 Å². The molecule has 4 amide bonds. The van der Waals surface area contributed by atoms with Crippen LogP contribution in [0, 0.1) is 0 Å². The van der Waals surface area contributed by atoms with Gasteiger partial charge in [0.1, 0.15) is 17.8 Å². The number of esters is 1. The quantitative estimate of drug-likeness (QED) is 0.622. The summed E-state index contributed by atoms with van der Waals surface area (Å²) in [5.41, 5.74) is 0.110. The van der Waals surface area contributed by atoms with E-state index in [0.29, 0.717) is 19.4 Å². The van der Waals surface area contributed by atoms with Gasteiger partial charge >= 0.3 is 12.0 Å². The first-order chi connectivity index (χ1) is 14.8. The summed E-state index contributed by atoms with van der Waals surface area (Å²) in [6.07, 6.45) is 5.62. The van der Waals surface area contributed by atoms with Gasteiger partial charge in [-0.2, -0.15) is 0 Å². The van der Waals surface area contributed by atoms with Crippen LogP contribution in [0.15, 0.2) is 18.6 Å². The molecule has 0 bridgehead atoms. The maximum absolute atomic E-state index is 13.4. The molecule has 3 unspecified atom stereocenters. The van der Waals surface area contributed by atoms with Gasteiger partial charge in [-0.15, -0.1) is 0 Å². The Bertz CT molecular complexity index is 833. The molecule has 3 atom stereocenters. The Labute approximate surface area is 180 Å². The van der Waals surface area contributed by atoms with Crippen LogP contribution < -0.4 is 10.6 Å². The minimum absolute atomic E-state index is 0.0541. The Hall–Kier alpha value is -3.24. The van der Waals surface area contributed by atoms with Crippen LogP contribution in [0.5, 0.6) is 0 Å². The van der Waals surface area contributed by atoms with Crippen molar-refractivity contribution in [3.63, 3.8) is 0 Å². The van der Waals surface area contributed by atoms with Gasteiger partial charge in [0.15, 0.2) is 0 Å². The van der Waals surface area contributed by atoms with Crippen LogP contribution in [0.25, 0.3) is 0 Å². The van der Waals surface area contributed by atoms with Gasteiger partial charge in [-0.3, -0.25) is 14.6 Å². The van der Waals surface area contributed by atoms with Crippen molar-refractivity contribution in [1.29, 1.82) is 0 Å². The largest absolute Gasteiger partial charge is 0.467 e. The van der Waals surface area contributed by atoms with Gasteiger partial charge in [0.2, 0.25) is 5.91 Å². The van der Waals surface area contributed by atoms with Crippen molar-refractivity contribution in [2.24, 2.45) is 0 Å². The van der Waals surface area contributed by atoms with Crippen molar-refractivity contribution in [2.75, 3.05) is 20.2 Å². The molecule has 2 N–H and O–H groups in total. The van der Waals surface area contributed by atoms with Crippen LogP contribution in [0.2, 0.25) is 0 Å². The van der Waals surface area contributed by atoms with E-state index in [4.69, 9.17) is 4.74 Å². The van der Waals surface area contributed by atoms with Crippen LogP contribution >= 0.6 is 0 Å². The van der Waals surface area contributed by atoms with Crippen LogP contribution in [-0.4, -0.2) is 87.9 Å². The Morgan fingerprint density at radius 1 is 1.16 bits per heavy atom. The third-order valence-electron chi connectivity index (χ3n) is 5.39. The van der Waals surface area contributed by atoms with Crippen molar-refractivity contribution >= 4 is 23.8 Å². The molecular formula is C20H28N6O5. The van der Waals surface area contributed by atoms with Gasteiger partial charge in [0.05, 0.1) is 19.3 Å². The summed E-state index contributed by atoms with van der Waals surface area (Å²) in [5.74, 6) is -1.26. The number of aromatic nitrogens is 2. The Morgan fingerprint density at radius 2 is 1.94 bits per heavy atom. The zero-order valence-electron chi connectivity index (χ0n) is 17.9. The second kappa shape index (κ2) is 9.71. The topological polar surface area (TPSA) is 134 Å².